The molecular formula is C20H28O4. The molecule has 4 aliphatic carbocycles. The van der Waals surface area contributed by atoms with Crippen LogP contribution >= 0.6 is 0 Å². The third-order valence-electron chi connectivity index (χ3n) is 8.19. The van der Waals surface area contributed by atoms with Crippen molar-refractivity contribution in [3.05, 3.63) is 11.6 Å². The van der Waals surface area contributed by atoms with Crippen molar-refractivity contribution in [2.45, 2.75) is 64.9 Å². The van der Waals surface area contributed by atoms with Crippen molar-refractivity contribution in [3.8, 4) is 0 Å². The lowest BCUT2D eigenvalue weighted by atomic mass is 9.44. The Kier molecular flexibility index (Phi) is 3.51. The predicted octanol–water partition coefficient (Wildman–Crippen LogP) is 3.19. The summed E-state index contributed by atoms with van der Waals surface area (Å²) in [5.74, 6) is -0.0493. The van der Waals surface area contributed by atoms with Gasteiger partial charge in [0.1, 0.15) is 0 Å². The number of aliphatic hydroxyl groups is 1. The van der Waals surface area contributed by atoms with E-state index in [0.717, 1.165) is 32.1 Å². The average Bonchev–Trinajstić information content (AvgIpc) is 2.82. The number of aliphatic carboxylic acids is 1. The van der Waals surface area contributed by atoms with Crippen molar-refractivity contribution in [3.63, 3.8) is 0 Å². The Bertz CT molecular complexity index is 623. The highest BCUT2D eigenvalue weighted by atomic mass is 16.4. The largest absolute Gasteiger partial charge is 0.481 e. The van der Waals surface area contributed by atoms with Gasteiger partial charge in [0.25, 0.3) is 0 Å². The number of aliphatic hydroxyl groups excluding tert-OH is 1. The van der Waals surface area contributed by atoms with E-state index in [9.17, 15) is 19.8 Å². The summed E-state index contributed by atoms with van der Waals surface area (Å²) in [5, 5.41) is 20.5. The molecule has 4 heteroatoms. The fourth-order valence-corrected chi connectivity index (χ4v) is 6.96. The van der Waals surface area contributed by atoms with Gasteiger partial charge in [-0.1, -0.05) is 19.4 Å². The Morgan fingerprint density at radius 3 is 2.67 bits per heavy atom. The van der Waals surface area contributed by atoms with Crippen LogP contribution in [0.4, 0.5) is 0 Å². The maximum atomic E-state index is 12.2. The highest BCUT2D eigenvalue weighted by Crippen LogP contribution is 2.66. The number of rotatable bonds is 1. The Hall–Kier alpha value is -1.16. The molecule has 2 unspecified atom stereocenters. The van der Waals surface area contributed by atoms with Gasteiger partial charge in [0.05, 0.1) is 12.0 Å². The second-order valence-corrected chi connectivity index (χ2v) is 9.14. The van der Waals surface area contributed by atoms with E-state index in [4.69, 9.17) is 0 Å². The number of allylic oxidation sites excluding steroid dienone is 1. The summed E-state index contributed by atoms with van der Waals surface area (Å²) in [6, 6.07) is 0. The first-order chi connectivity index (χ1) is 11.3. The molecule has 24 heavy (non-hydrogen) atoms. The molecule has 4 aliphatic rings. The molecule has 0 radical (unpaired) electrons. The molecule has 2 N–H and O–H groups in total. The van der Waals surface area contributed by atoms with E-state index in [1.54, 1.807) is 0 Å². The summed E-state index contributed by atoms with van der Waals surface area (Å²) in [4.78, 5) is 24.0. The van der Waals surface area contributed by atoms with Gasteiger partial charge in [0.15, 0.2) is 5.78 Å². The third-order valence-corrected chi connectivity index (χ3v) is 8.19. The van der Waals surface area contributed by atoms with Crippen LogP contribution in [-0.2, 0) is 9.59 Å². The zero-order valence-corrected chi connectivity index (χ0v) is 14.6. The molecule has 7 atom stereocenters. The molecule has 4 rings (SSSR count). The van der Waals surface area contributed by atoms with Crippen LogP contribution in [0.25, 0.3) is 0 Å². The van der Waals surface area contributed by atoms with Crippen LogP contribution in [0.15, 0.2) is 11.6 Å². The number of carbonyl (C=O) groups excluding carboxylic acids is 1. The van der Waals surface area contributed by atoms with Crippen LogP contribution in [0.3, 0.4) is 0 Å². The third kappa shape index (κ3) is 2.01. The second kappa shape index (κ2) is 5.17. The van der Waals surface area contributed by atoms with Crippen LogP contribution < -0.4 is 0 Å². The van der Waals surface area contributed by atoms with Crippen molar-refractivity contribution < 1.29 is 19.8 Å². The Balaban J connectivity index is 1.80. The van der Waals surface area contributed by atoms with E-state index in [0.29, 0.717) is 24.7 Å². The van der Waals surface area contributed by atoms with Gasteiger partial charge >= 0.3 is 5.97 Å². The van der Waals surface area contributed by atoms with Gasteiger partial charge in [0, 0.05) is 6.42 Å². The standard InChI is InChI=1S/C20H28O4/c1-19-8-7-12(21)9-11(19)3-4-13-15-5-6-16(22)20(15,2)10-14(17(13)19)18(23)24/h9,13-17,22H,3-8,10H2,1-2H3,(H,23,24)/t13-,14?,15-,16?,17-,19-,20-/m0/s1. The molecule has 0 aromatic rings. The molecule has 3 saturated carbocycles. The number of carboxylic acid groups (broad SMARTS) is 1. The maximum Gasteiger partial charge on any atom is 0.306 e. The Labute approximate surface area is 143 Å². The minimum absolute atomic E-state index is 0.103. The first kappa shape index (κ1) is 16.3. The van der Waals surface area contributed by atoms with Gasteiger partial charge in [0.2, 0.25) is 0 Å². The summed E-state index contributed by atoms with van der Waals surface area (Å²) in [5.41, 5.74) is 0.773. The van der Waals surface area contributed by atoms with Crippen LogP contribution in [0.5, 0.6) is 0 Å². The molecule has 0 saturated heterocycles. The minimum atomic E-state index is -0.719. The summed E-state index contributed by atoms with van der Waals surface area (Å²) in [6.45, 7) is 4.31. The van der Waals surface area contributed by atoms with Crippen molar-refractivity contribution in [1.82, 2.24) is 0 Å². The highest BCUT2D eigenvalue weighted by Gasteiger charge is 2.63. The number of ketones is 1. The van der Waals surface area contributed by atoms with Crippen molar-refractivity contribution >= 4 is 11.8 Å². The second-order valence-electron chi connectivity index (χ2n) is 9.14. The lowest BCUT2D eigenvalue weighted by Gasteiger charge is -2.59. The van der Waals surface area contributed by atoms with Gasteiger partial charge in [-0.2, -0.15) is 0 Å². The van der Waals surface area contributed by atoms with Crippen molar-refractivity contribution in [2.75, 3.05) is 0 Å². The SMILES string of the molecule is C[C@]12CCC(=O)C=C1CC[C@@H]1[C@H]2C(C(=O)O)C[C@]2(C)C(O)CC[C@@H]12. The van der Waals surface area contributed by atoms with Crippen LogP contribution in [0.2, 0.25) is 0 Å². The molecule has 0 aromatic carbocycles. The molecular weight excluding hydrogens is 304 g/mol. The molecule has 0 heterocycles. The normalized spacial score (nSPS) is 50.5. The fraction of sp³-hybridized carbons (Fsp3) is 0.800. The van der Waals surface area contributed by atoms with Gasteiger partial charge in [-0.15, -0.1) is 0 Å². The monoisotopic (exact) mass is 332 g/mol. The zero-order chi connectivity index (χ0) is 17.3. The molecule has 132 valence electrons. The lowest BCUT2D eigenvalue weighted by molar-refractivity contribution is -0.163. The van der Waals surface area contributed by atoms with Crippen molar-refractivity contribution in [2.24, 2.45) is 34.5 Å². The smallest absolute Gasteiger partial charge is 0.306 e. The summed E-state index contributed by atoms with van der Waals surface area (Å²) >= 11 is 0. The average molecular weight is 332 g/mol. The minimum Gasteiger partial charge on any atom is -0.481 e. The highest BCUT2D eigenvalue weighted by molar-refractivity contribution is 5.91. The summed E-state index contributed by atoms with van der Waals surface area (Å²) in [7, 11) is 0. The first-order valence-corrected chi connectivity index (χ1v) is 9.42. The molecule has 0 bridgehead atoms. The molecule has 0 aromatic heterocycles. The number of carboxylic acids is 1. The topological polar surface area (TPSA) is 74.6 Å². The van der Waals surface area contributed by atoms with Gasteiger partial charge in [-0.05, 0) is 73.2 Å². The van der Waals surface area contributed by atoms with E-state index in [2.05, 4.69) is 13.8 Å². The van der Waals surface area contributed by atoms with Crippen LogP contribution in [0, 0.1) is 34.5 Å². The van der Waals surface area contributed by atoms with E-state index in [1.807, 2.05) is 6.08 Å². The Morgan fingerprint density at radius 1 is 1.21 bits per heavy atom. The van der Waals surface area contributed by atoms with E-state index in [1.165, 1.54) is 5.57 Å². The molecule has 0 spiro atoms. The van der Waals surface area contributed by atoms with E-state index < -0.39 is 11.9 Å². The molecule has 0 aliphatic heterocycles. The van der Waals surface area contributed by atoms with Gasteiger partial charge in [-0.25, -0.2) is 0 Å². The molecule has 0 amide bonds. The van der Waals surface area contributed by atoms with Crippen LogP contribution in [-0.4, -0.2) is 28.1 Å². The lowest BCUT2D eigenvalue weighted by Crippen LogP contribution is -2.56. The van der Waals surface area contributed by atoms with Gasteiger partial charge < -0.3 is 10.2 Å². The predicted molar refractivity (Wildman–Crippen MR) is 89.2 cm³/mol. The summed E-state index contributed by atoms with van der Waals surface area (Å²) in [6.07, 6.45) is 7.04. The molecule has 4 nitrogen and oxygen atoms in total. The number of hydrogen-bond acceptors (Lipinski definition) is 3. The number of hydrogen-bond donors (Lipinski definition) is 2. The van der Waals surface area contributed by atoms with E-state index >= 15 is 0 Å². The van der Waals surface area contributed by atoms with E-state index in [-0.39, 0.29) is 28.6 Å². The fourth-order valence-electron chi connectivity index (χ4n) is 6.96. The first-order valence-electron chi connectivity index (χ1n) is 9.42. The van der Waals surface area contributed by atoms with Crippen LogP contribution in [0.1, 0.15) is 58.8 Å². The zero-order valence-electron chi connectivity index (χ0n) is 14.6. The summed E-state index contributed by atoms with van der Waals surface area (Å²) < 4.78 is 0. The number of fused-ring (bicyclic) bond motifs is 5. The quantitative estimate of drug-likeness (QED) is 0.773. The Morgan fingerprint density at radius 2 is 1.96 bits per heavy atom. The molecule has 3 fully saturated rings. The van der Waals surface area contributed by atoms with Crippen molar-refractivity contribution in [1.29, 1.82) is 0 Å². The van der Waals surface area contributed by atoms with Gasteiger partial charge in [-0.3, -0.25) is 9.59 Å². The maximum absolute atomic E-state index is 12.2. The number of carbonyl (C=O) groups is 2.